The van der Waals surface area contributed by atoms with Gasteiger partial charge in [-0.15, -0.1) is 0 Å². The van der Waals surface area contributed by atoms with Gasteiger partial charge in [0.15, 0.2) is 0 Å². The molecule has 1 rings (SSSR count). The van der Waals surface area contributed by atoms with Crippen molar-refractivity contribution >= 4 is 12.4 Å². The van der Waals surface area contributed by atoms with Crippen LogP contribution in [0, 0.1) is 0 Å². The van der Waals surface area contributed by atoms with Gasteiger partial charge >= 0.3 is 6.98 Å². The van der Waals surface area contributed by atoms with E-state index in [1.807, 2.05) is 0 Å². The minimum Gasteiger partial charge on any atom is -0.511 e. The molecule has 0 aliphatic rings. The maximum atomic E-state index is 12.0. The van der Waals surface area contributed by atoms with E-state index >= 15 is 0 Å². The Morgan fingerprint density at radius 2 is 1.64 bits per heavy atom. The summed E-state index contributed by atoms with van der Waals surface area (Å²) < 4.78 is 35.9. The molecule has 0 saturated carbocycles. The quantitative estimate of drug-likeness (QED) is 0.617. The van der Waals surface area contributed by atoms with Crippen molar-refractivity contribution in [2.24, 2.45) is 0 Å². The summed E-state index contributed by atoms with van der Waals surface area (Å²) in [5, 5.41) is 8.74. The Morgan fingerprint density at radius 3 is 2.00 bits per heavy atom. The number of aromatic hydroxyl groups is 1. The smallest absolute Gasteiger partial charge is 0.511 e. The molecule has 11 heavy (non-hydrogen) atoms. The van der Waals surface area contributed by atoms with E-state index in [1.54, 1.807) is 0 Å². The van der Waals surface area contributed by atoms with E-state index in [9.17, 15) is 12.9 Å². The van der Waals surface area contributed by atoms with Gasteiger partial charge in [0.25, 0.3) is 0 Å². The van der Waals surface area contributed by atoms with E-state index in [0.29, 0.717) is 0 Å². The van der Waals surface area contributed by atoms with Crippen LogP contribution < -0.4 is 5.46 Å². The van der Waals surface area contributed by atoms with Crippen LogP contribution in [-0.4, -0.2) is 12.1 Å². The molecular formula is C6H5BF3O-. The Labute approximate surface area is 61.5 Å². The zero-order valence-corrected chi connectivity index (χ0v) is 5.47. The van der Waals surface area contributed by atoms with Crippen molar-refractivity contribution in [1.82, 2.24) is 0 Å². The second-order valence-electron chi connectivity index (χ2n) is 2.13. The van der Waals surface area contributed by atoms with Gasteiger partial charge in [-0.3, -0.25) is 0 Å². The highest BCUT2D eigenvalue weighted by molar-refractivity contribution is 6.74. The first-order chi connectivity index (χ1) is 5.02. The Hall–Kier alpha value is -1.13. The lowest BCUT2D eigenvalue weighted by molar-refractivity contribution is 0.463. The minimum absolute atomic E-state index is 0.708. The number of benzene rings is 1. The highest BCUT2D eigenvalue weighted by Crippen LogP contribution is 2.15. The number of halogens is 3. The molecule has 0 bridgehead atoms. The molecular weight excluding hydrogens is 156 g/mol. The average molecular weight is 161 g/mol. The fraction of sp³-hybridized carbons (Fsp3) is 0. The number of para-hydroxylation sites is 1. The van der Waals surface area contributed by atoms with Gasteiger partial charge in [0.05, 0.1) is 5.75 Å². The summed E-state index contributed by atoms with van der Waals surface area (Å²) in [6, 6.07) is 4.46. The summed E-state index contributed by atoms with van der Waals surface area (Å²) in [6.07, 6.45) is 0. The van der Waals surface area contributed by atoms with Crippen molar-refractivity contribution < 1.29 is 18.1 Å². The third kappa shape index (κ3) is 1.66. The summed E-state index contributed by atoms with van der Waals surface area (Å²) in [5.74, 6) is -0.708. The van der Waals surface area contributed by atoms with Crippen molar-refractivity contribution in [3.05, 3.63) is 24.3 Å². The van der Waals surface area contributed by atoms with Crippen LogP contribution in [0.2, 0.25) is 0 Å². The minimum atomic E-state index is -5.08. The number of hydrogen-bond acceptors (Lipinski definition) is 1. The van der Waals surface area contributed by atoms with Crippen molar-refractivity contribution in [3.8, 4) is 5.75 Å². The summed E-state index contributed by atoms with van der Waals surface area (Å²) in [7, 11) is 0. The SMILES string of the molecule is Oc1ccccc1[B-](F)(F)F. The van der Waals surface area contributed by atoms with E-state index < -0.39 is 18.2 Å². The van der Waals surface area contributed by atoms with Crippen LogP contribution in [0.4, 0.5) is 12.9 Å². The van der Waals surface area contributed by atoms with Gasteiger partial charge in [0.1, 0.15) is 0 Å². The van der Waals surface area contributed by atoms with Gasteiger partial charge in [0, 0.05) is 0 Å². The molecule has 0 spiro atoms. The van der Waals surface area contributed by atoms with Crippen LogP contribution in [0.3, 0.4) is 0 Å². The molecule has 0 amide bonds. The maximum Gasteiger partial charge on any atom is 0.513 e. The lowest BCUT2D eigenvalue weighted by atomic mass is 9.79. The molecule has 0 aliphatic carbocycles. The monoisotopic (exact) mass is 161 g/mol. The molecule has 0 heterocycles. The summed E-state index contributed by atoms with van der Waals surface area (Å²) in [4.78, 5) is 0. The zero-order valence-electron chi connectivity index (χ0n) is 5.47. The van der Waals surface area contributed by atoms with E-state index in [2.05, 4.69) is 0 Å². The van der Waals surface area contributed by atoms with Crippen LogP contribution in [-0.2, 0) is 0 Å². The first kappa shape index (κ1) is 7.98. The first-order valence-corrected chi connectivity index (χ1v) is 2.99. The molecule has 0 unspecified atom stereocenters. The zero-order chi connectivity index (χ0) is 8.48. The molecule has 0 saturated heterocycles. The molecule has 0 atom stereocenters. The predicted octanol–water partition coefficient (Wildman–Crippen LogP) is 1.45. The maximum absolute atomic E-state index is 12.0. The molecule has 1 N–H and O–H groups in total. The largest absolute Gasteiger partial charge is 0.513 e. The Kier molecular flexibility index (Phi) is 1.80. The summed E-state index contributed by atoms with van der Waals surface area (Å²) in [6.45, 7) is -5.08. The van der Waals surface area contributed by atoms with Crippen LogP contribution in [0.25, 0.3) is 0 Å². The highest BCUT2D eigenvalue weighted by Gasteiger charge is 2.27. The predicted molar refractivity (Wildman–Crippen MR) is 36.8 cm³/mol. The topological polar surface area (TPSA) is 20.2 Å². The normalized spacial score (nSPS) is 11.5. The number of rotatable bonds is 1. The lowest BCUT2D eigenvalue weighted by Crippen LogP contribution is -2.33. The van der Waals surface area contributed by atoms with Gasteiger partial charge in [-0.2, -0.15) is 0 Å². The molecule has 0 aromatic heterocycles. The van der Waals surface area contributed by atoms with E-state index in [4.69, 9.17) is 5.11 Å². The van der Waals surface area contributed by atoms with Gasteiger partial charge in [-0.25, -0.2) is 0 Å². The van der Waals surface area contributed by atoms with E-state index in [-0.39, 0.29) is 0 Å². The van der Waals surface area contributed by atoms with Crippen LogP contribution >= 0.6 is 0 Å². The van der Waals surface area contributed by atoms with Crippen molar-refractivity contribution in [2.45, 2.75) is 0 Å². The number of phenolic OH excluding ortho intramolecular Hbond substituents is 1. The van der Waals surface area contributed by atoms with E-state index in [1.165, 1.54) is 12.1 Å². The molecule has 0 aliphatic heterocycles. The third-order valence-electron chi connectivity index (χ3n) is 1.29. The Balaban J connectivity index is 3.14. The van der Waals surface area contributed by atoms with Crippen LogP contribution in [0.15, 0.2) is 24.3 Å². The van der Waals surface area contributed by atoms with Crippen molar-refractivity contribution in [1.29, 1.82) is 0 Å². The Bertz CT molecular complexity index is 258. The molecule has 5 heteroatoms. The lowest BCUT2D eigenvalue weighted by Gasteiger charge is -2.15. The summed E-state index contributed by atoms with van der Waals surface area (Å²) >= 11 is 0. The highest BCUT2D eigenvalue weighted by atomic mass is 19.4. The summed E-state index contributed by atoms with van der Waals surface area (Å²) in [5.41, 5.74) is -0.937. The average Bonchev–Trinajstić information content (AvgIpc) is 1.86. The number of phenols is 1. The van der Waals surface area contributed by atoms with Crippen LogP contribution in [0.1, 0.15) is 0 Å². The third-order valence-corrected chi connectivity index (χ3v) is 1.29. The molecule has 60 valence electrons. The van der Waals surface area contributed by atoms with Crippen LogP contribution in [0.5, 0.6) is 5.75 Å². The van der Waals surface area contributed by atoms with Gasteiger partial charge in [0.2, 0.25) is 0 Å². The second kappa shape index (κ2) is 2.49. The van der Waals surface area contributed by atoms with Gasteiger partial charge < -0.3 is 18.1 Å². The van der Waals surface area contributed by atoms with Crippen molar-refractivity contribution in [2.75, 3.05) is 0 Å². The Morgan fingerprint density at radius 1 is 1.09 bits per heavy atom. The molecule has 1 nitrogen and oxygen atoms in total. The number of hydrogen-bond donors (Lipinski definition) is 1. The standard InChI is InChI=1S/C6H5BF3O/c8-7(9,10)5-3-1-2-4-6(5)11/h1-4,11H/q-1. The fourth-order valence-electron chi connectivity index (χ4n) is 0.764. The van der Waals surface area contributed by atoms with Crippen molar-refractivity contribution in [3.63, 3.8) is 0 Å². The fourth-order valence-corrected chi connectivity index (χ4v) is 0.764. The van der Waals surface area contributed by atoms with Gasteiger partial charge in [-0.05, 0) is 6.07 Å². The molecule has 0 fully saturated rings. The van der Waals surface area contributed by atoms with Gasteiger partial charge in [-0.1, -0.05) is 23.7 Å². The molecule has 1 aromatic rings. The first-order valence-electron chi connectivity index (χ1n) is 2.99. The molecule has 0 radical (unpaired) electrons. The second-order valence-corrected chi connectivity index (χ2v) is 2.13. The molecule has 1 aromatic carbocycles. The van der Waals surface area contributed by atoms with E-state index in [0.717, 1.165) is 12.1 Å².